The molecule has 0 aliphatic carbocycles. The van der Waals surface area contributed by atoms with Gasteiger partial charge in [-0.15, -0.1) is 0 Å². The molecule has 0 rings (SSSR count). The monoisotopic (exact) mass is 575 g/mol. The molecule has 0 aromatic heterocycles. The van der Waals surface area contributed by atoms with Crippen molar-refractivity contribution in [3.8, 4) is 0 Å². The van der Waals surface area contributed by atoms with Crippen molar-refractivity contribution in [3.63, 3.8) is 0 Å². The summed E-state index contributed by atoms with van der Waals surface area (Å²) in [6.07, 6.45) is -12.0. The van der Waals surface area contributed by atoms with Crippen molar-refractivity contribution in [2.24, 2.45) is 5.73 Å². The maximum atomic E-state index is 13.6. The third kappa shape index (κ3) is 5.55. The van der Waals surface area contributed by atoms with Crippen LogP contribution >= 0.6 is 0 Å². The molecule has 0 bridgehead atoms. The highest BCUT2D eigenvalue weighted by Crippen LogP contribution is 2.64. The lowest BCUT2D eigenvalue weighted by molar-refractivity contribution is -0.461. The van der Waals surface area contributed by atoms with Gasteiger partial charge in [0, 0.05) is 18.2 Å². The standard InChI is InChI=1S/C16H14F17NO2/c1-7(34)6-8(35)36-5-3-2-4-9(17,18)10(19,20)11(21,22)12(23,24)13(25,26)14(27,28)15(29,30)16(31,32)33/h6H,2-5,34H2,1H3. The molecule has 0 aromatic carbocycles. The van der Waals surface area contributed by atoms with E-state index < -0.39 is 79.5 Å². The highest BCUT2D eigenvalue weighted by molar-refractivity contribution is 5.82. The van der Waals surface area contributed by atoms with Gasteiger partial charge in [0.05, 0.1) is 6.61 Å². The molecule has 0 heterocycles. The van der Waals surface area contributed by atoms with Crippen molar-refractivity contribution in [2.45, 2.75) is 73.8 Å². The highest BCUT2D eigenvalue weighted by Gasteiger charge is 2.95. The van der Waals surface area contributed by atoms with Crippen LogP contribution in [0.5, 0.6) is 0 Å². The van der Waals surface area contributed by atoms with Crippen LogP contribution < -0.4 is 5.73 Å². The SMILES string of the molecule is CC(N)=CC(=O)OCCCCC(F)(F)C(F)(F)C(F)(F)C(F)(F)C(F)(F)C(F)(F)C(F)(F)C(F)(F)F. The van der Waals surface area contributed by atoms with Gasteiger partial charge >= 0.3 is 53.6 Å². The summed E-state index contributed by atoms with van der Waals surface area (Å²) in [5.74, 6) is -57.6. The van der Waals surface area contributed by atoms with Gasteiger partial charge in [-0.1, -0.05) is 0 Å². The summed E-state index contributed by atoms with van der Waals surface area (Å²) in [6, 6.07) is 0. The topological polar surface area (TPSA) is 52.3 Å². The van der Waals surface area contributed by atoms with Crippen LogP contribution in [0.3, 0.4) is 0 Å². The van der Waals surface area contributed by atoms with Gasteiger partial charge < -0.3 is 10.5 Å². The van der Waals surface area contributed by atoms with Gasteiger partial charge in [0.2, 0.25) is 0 Å². The van der Waals surface area contributed by atoms with E-state index in [0.717, 1.165) is 0 Å². The predicted octanol–water partition coefficient (Wildman–Crippen LogP) is 6.57. The first-order valence-corrected chi connectivity index (χ1v) is 8.88. The van der Waals surface area contributed by atoms with Crippen LogP contribution in [0.4, 0.5) is 74.6 Å². The number of nitrogens with two attached hydrogens (primary N) is 1. The fraction of sp³-hybridized carbons (Fsp3) is 0.812. The lowest BCUT2D eigenvalue weighted by Crippen LogP contribution is -2.74. The maximum absolute atomic E-state index is 13.6. The van der Waals surface area contributed by atoms with Gasteiger partial charge in [-0.25, -0.2) is 4.79 Å². The molecule has 0 unspecified atom stereocenters. The number of carbonyl (C=O) groups excluding carboxylic acids is 1. The molecular formula is C16H14F17NO2. The van der Waals surface area contributed by atoms with E-state index in [-0.39, 0.29) is 5.70 Å². The Morgan fingerprint density at radius 1 is 0.639 bits per heavy atom. The van der Waals surface area contributed by atoms with Crippen LogP contribution in [0.2, 0.25) is 0 Å². The molecule has 36 heavy (non-hydrogen) atoms. The fourth-order valence-corrected chi connectivity index (χ4v) is 2.20. The van der Waals surface area contributed by atoms with Crippen molar-refractivity contribution < 1.29 is 84.2 Å². The number of hydrogen-bond donors (Lipinski definition) is 1. The second-order valence-electron chi connectivity index (χ2n) is 7.16. The van der Waals surface area contributed by atoms with E-state index in [0.29, 0.717) is 6.08 Å². The molecular weight excluding hydrogens is 561 g/mol. The summed E-state index contributed by atoms with van der Waals surface area (Å²) in [5, 5.41) is 0. The maximum Gasteiger partial charge on any atom is 0.460 e. The largest absolute Gasteiger partial charge is 0.462 e. The summed E-state index contributed by atoms with van der Waals surface area (Å²) in [7, 11) is 0. The smallest absolute Gasteiger partial charge is 0.460 e. The number of hydrogen-bond acceptors (Lipinski definition) is 3. The van der Waals surface area contributed by atoms with Gasteiger partial charge in [0.1, 0.15) is 0 Å². The Kier molecular flexibility index (Phi) is 9.34. The number of ether oxygens (including phenoxy) is 1. The van der Waals surface area contributed by atoms with E-state index >= 15 is 0 Å². The average Bonchev–Trinajstić information content (AvgIpc) is 2.65. The third-order valence-corrected chi connectivity index (χ3v) is 4.26. The van der Waals surface area contributed by atoms with Gasteiger partial charge in [0.25, 0.3) is 0 Å². The minimum Gasteiger partial charge on any atom is -0.462 e. The molecule has 0 amide bonds. The van der Waals surface area contributed by atoms with Gasteiger partial charge in [-0.05, 0) is 19.8 Å². The van der Waals surface area contributed by atoms with Crippen LogP contribution in [0.15, 0.2) is 11.8 Å². The highest BCUT2D eigenvalue weighted by atomic mass is 19.4. The first kappa shape index (κ1) is 33.8. The van der Waals surface area contributed by atoms with E-state index in [1.165, 1.54) is 6.92 Å². The van der Waals surface area contributed by atoms with Crippen LogP contribution in [0.1, 0.15) is 26.2 Å². The number of halogens is 17. The van der Waals surface area contributed by atoms with Crippen molar-refractivity contribution >= 4 is 5.97 Å². The first-order chi connectivity index (χ1) is 15.6. The molecule has 0 atom stereocenters. The third-order valence-electron chi connectivity index (χ3n) is 4.26. The van der Waals surface area contributed by atoms with E-state index in [4.69, 9.17) is 5.73 Å². The molecule has 20 heteroatoms. The zero-order valence-electron chi connectivity index (χ0n) is 17.2. The molecule has 2 N–H and O–H groups in total. The molecule has 0 radical (unpaired) electrons. The zero-order chi connectivity index (χ0) is 29.4. The molecule has 0 spiro atoms. The van der Waals surface area contributed by atoms with Crippen molar-refractivity contribution in [3.05, 3.63) is 11.8 Å². The Hall–Kier alpha value is -2.18. The number of carbonyl (C=O) groups is 1. The number of unbranched alkanes of at least 4 members (excludes halogenated alkanes) is 1. The molecule has 0 fully saturated rings. The number of alkyl halides is 17. The molecule has 0 aliphatic rings. The molecule has 3 nitrogen and oxygen atoms in total. The summed E-state index contributed by atoms with van der Waals surface area (Å²) >= 11 is 0. The van der Waals surface area contributed by atoms with Crippen LogP contribution in [-0.2, 0) is 9.53 Å². The van der Waals surface area contributed by atoms with Crippen molar-refractivity contribution in [1.82, 2.24) is 0 Å². The zero-order valence-corrected chi connectivity index (χ0v) is 17.2. The fourth-order valence-electron chi connectivity index (χ4n) is 2.20. The van der Waals surface area contributed by atoms with Crippen LogP contribution in [0, 0.1) is 0 Å². The summed E-state index contributed by atoms with van der Waals surface area (Å²) in [5.41, 5.74) is 4.93. The Bertz CT molecular complexity index is 812. The molecule has 214 valence electrons. The van der Waals surface area contributed by atoms with E-state index in [1.54, 1.807) is 0 Å². The van der Waals surface area contributed by atoms with Crippen molar-refractivity contribution in [2.75, 3.05) is 6.61 Å². The lowest BCUT2D eigenvalue weighted by atomic mass is 9.88. The number of allylic oxidation sites excluding steroid dienone is 1. The van der Waals surface area contributed by atoms with Gasteiger partial charge in [-0.3, -0.25) is 0 Å². The number of esters is 1. The minimum atomic E-state index is -8.65. The van der Waals surface area contributed by atoms with E-state index in [9.17, 15) is 79.4 Å². The second kappa shape index (κ2) is 9.94. The Morgan fingerprint density at radius 3 is 1.36 bits per heavy atom. The molecule has 0 saturated heterocycles. The quantitative estimate of drug-likeness (QED) is 0.124. The van der Waals surface area contributed by atoms with Crippen molar-refractivity contribution in [1.29, 1.82) is 0 Å². The normalized spacial score (nSPS) is 15.8. The number of rotatable bonds is 12. The predicted molar refractivity (Wildman–Crippen MR) is 83.4 cm³/mol. The Balaban J connectivity index is 5.96. The second-order valence-corrected chi connectivity index (χ2v) is 7.16. The Labute approximate surface area is 189 Å². The molecule has 0 aromatic rings. The summed E-state index contributed by atoms with van der Waals surface area (Å²) in [6.45, 7) is 0.303. The molecule has 0 saturated carbocycles. The first-order valence-electron chi connectivity index (χ1n) is 8.88. The minimum absolute atomic E-state index is 0.121. The van der Waals surface area contributed by atoms with Gasteiger partial charge in [0.15, 0.2) is 0 Å². The van der Waals surface area contributed by atoms with E-state index in [2.05, 4.69) is 4.74 Å². The summed E-state index contributed by atoms with van der Waals surface area (Å²) in [4.78, 5) is 11.0. The molecule has 0 aliphatic heterocycles. The van der Waals surface area contributed by atoms with Crippen LogP contribution in [-0.4, -0.2) is 60.2 Å². The average molecular weight is 575 g/mol. The lowest BCUT2D eigenvalue weighted by Gasteiger charge is -2.42. The van der Waals surface area contributed by atoms with E-state index in [1.807, 2.05) is 0 Å². The Morgan fingerprint density at radius 2 is 1.00 bits per heavy atom. The summed E-state index contributed by atoms with van der Waals surface area (Å²) < 4.78 is 227. The van der Waals surface area contributed by atoms with Crippen LogP contribution in [0.25, 0.3) is 0 Å². The van der Waals surface area contributed by atoms with Gasteiger partial charge in [-0.2, -0.15) is 74.6 Å².